The first-order valence-electron chi connectivity index (χ1n) is 8.38. The van der Waals surface area contributed by atoms with E-state index in [1.165, 1.54) is 45.3 Å². The molecule has 0 aromatic heterocycles. The highest BCUT2D eigenvalue weighted by Crippen LogP contribution is 2.28. The Hall–Kier alpha value is -0.160. The van der Waals surface area contributed by atoms with E-state index in [0.29, 0.717) is 0 Å². The van der Waals surface area contributed by atoms with Crippen LogP contribution in [-0.4, -0.2) is 72.4 Å². The molecule has 4 nitrogen and oxygen atoms in total. The van der Waals surface area contributed by atoms with Crippen molar-refractivity contribution in [3.8, 4) is 0 Å². The van der Waals surface area contributed by atoms with Crippen LogP contribution >= 0.6 is 0 Å². The quantitative estimate of drug-likeness (QED) is 0.739. The maximum atomic E-state index is 9.54. The van der Waals surface area contributed by atoms with Crippen LogP contribution in [0.3, 0.4) is 0 Å². The Morgan fingerprint density at radius 3 is 2.70 bits per heavy atom. The normalized spacial score (nSPS) is 31.2. The number of aliphatic hydroxyl groups is 1. The monoisotopic (exact) mass is 283 g/mol. The molecule has 2 saturated heterocycles. The number of fused-ring (bicyclic) bond motifs is 2. The molecule has 0 saturated carbocycles. The van der Waals surface area contributed by atoms with E-state index < -0.39 is 0 Å². The second-order valence-corrected chi connectivity index (χ2v) is 6.99. The predicted octanol–water partition coefficient (Wildman–Crippen LogP) is 1.30. The van der Waals surface area contributed by atoms with Gasteiger partial charge in [0, 0.05) is 24.2 Å². The number of aliphatic hydroxyl groups excluding tert-OH is 1. The van der Waals surface area contributed by atoms with Crippen molar-refractivity contribution in [3.63, 3.8) is 0 Å². The molecule has 0 amide bonds. The van der Waals surface area contributed by atoms with Gasteiger partial charge in [-0.05, 0) is 65.7 Å². The van der Waals surface area contributed by atoms with Crippen molar-refractivity contribution in [2.45, 2.75) is 63.6 Å². The Balaban J connectivity index is 1.74. The molecule has 20 heavy (non-hydrogen) atoms. The number of nitrogens with one attached hydrogen (secondary N) is 1. The van der Waals surface area contributed by atoms with Crippen molar-refractivity contribution in [1.82, 2.24) is 15.1 Å². The summed E-state index contributed by atoms with van der Waals surface area (Å²) in [6.07, 6.45) is 6.34. The third-order valence-electron chi connectivity index (χ3n) is 5.39. The minimum atomic E-state index is -0.101. The summed E-state index contributed by atoms with van der Waals surface area (Å²) in [6, 6.07) is 1.61. The zero-order valence-electron chi connectivity index (χ0n) is 13.6. The average Bonchev–Trinajstić information content (AvgIpc) is 2.67. The van der Waals surface area contributed by atoms with Gasteiger partial charge in [0.05, 0.1) is 6.61 Å². The van der Waals surface area contributed by atoms with Crippen LogP contribution in [0.1, 0.15) is 46.0 Å². The van der Waals surface area contributed by atoms with Crippen LogP contribution in [0.5, 0.6) is 0 Å². The average molecular weight is 283 g/mol. The van der Waals surface area contributed by atoms with Crippen molar-refractivity contribution in [3.05, 3.63) is 0 Å². The molecule has 3 unspecified atom stereocenters. The zero-order chi connectivity index (χ0) is 14.6. The van der Waals surface area contributed by atoms with Gasteiger partial charge in [0.1, 0.15) is 0 Å². The fraction of sp³-hybridized carbons (Fsp3) is 1.00. The molecule has 4 heteroatoms. The van der Waals surface area contributed by atoms with E-state index in [0.717, 1.165) is 25.0 Å². The highest BCUT2D eigenvalue weighted by atomic mass is 16.3. The van der Waals surface area contributed by atoms with Gasteiger partial charge in [-0.15, -0.1) is 0 Å². The zero-order valence-corrected chi connectivity index (χ0v) is 13.6. The first-order chi connectivity index (χ1) is 9.58. The molecule has 0 spiro atoms. The van der Waals surface area contributed by atoms with Gasteiger partial charge in [-0.3, -0.25) is 4.90 Å². The Kier molecular flexibility index (Phi) is 5.84. The molecular weight excluding hydrogens is 250 g/mol. The number of likely N-dealkylation sites (N-methyl/N-ethyl adjacent to an activating group) is 2. The molecule has 0 radical (unpaired) electrons. The summed E-state index contributed by atoms with van der Waals surface area (Å²) in [7, 11) is 2.31. The Morgan fingerprint density at radius 1 is 1.25 bits per heavy atom. The third-order valence-corrected chi connectivity index (χ3v) is 5.39. The molecule has 0 aliphatic carbocycles. The van der Waals surface area contributed by atoms with Crippen LogP contribution in [0.4, 0.5) is 0 Å². The topological polar surface area (TPSA) is 38.7 Å². The Bertz CT molecular complexity index is 299. The summed E-state index contributed by atoms with van der Waals surface area (Å²) >= 11 is 0. The number of rotatable bonds is 7. The number of likely N-dealkylation sites (tertiary alicyclic amines) is 1. The van der Waals surface area contributed by atoms with Gasteiger partial charge in [0.25, 0.3) is 0 Å². The highest BCUT2D eigenvalue weighted by molar-refractivity contribution is 4.91. The van der Waals surface area contributed by atoms with Crippen molar-refractivity contribution in [2.75, 3.05) is 39.8 Å². The fourth-order valence-corrected chi connectivity index (χ4v) is 3.93. The van der Waals surface area contributed by atoms with Crippen LogP contribution in [0.25, 0.3) is 0 Å². The van der Waals surface area contributed by atoms with Gasteiger partial charge in [-0.25, -0.2) is 0 Å². The van der Waals surface area contributed by atoms with Crippen LogP contribution in [0.15, 0.2) is 0 Å². The van der Waals surface area contributed by atoms with E-state index in [-0.39, 0.29) is 12.1 Å². The van der Waals surface area contributed by atoms with E-state index in [2.05, 4.69) is 36.0 Å². The van der Waals surface area contributed by atoms with Gasteiger partial charge < -0.3 is 15.3 Å². The minimum Gasteiger partial charge on any atom is -0.394 e. The van der Waals surface area contributed by atoms with Crippen LogP contribution < -0.4 is 5.32 Å². The SMILES string of the molecule is CCNC(C)(CO)CCCN1CCC2CCC(C1)N2C. The lowest BCUT2D eigenvalue weighted by molar-refractivity contribution is 0.155. The second kappa shape index (κ2) is 7.21. The molecule has 2 fully saturated rings. The number of hydrogen-bond donors (Lipinski definition) is 2. The highest BCUT2D eigenvalue weighted by Gasteiger charge is 2.34. The van der Waals surface area contributed by atoms with Gasteiger partial charge in [-0.2, -0.15) is 0 Å². The maximum absolute atomic E-state index is 9.54. The van der Waals surface area contributed by atoms with Crippen molar-refractivity contribution >= 4 is 0 Å². The van der Waals surface area contributed by atoms with Gasteiger partial charge in [0.2, 0.25) is 0 Å². The molecule has 2 bridgehead atoms. The van der Waals surface area contributed by atoms with Crippen molar-refractivity contribution < 1.29 is 5.11 Å². The lowest BCUT2D eigenvalue weighted by Crippen LogP contribution is -2.46. The van der Waals surface area contributed by atoms with Crippen molar-refractivity contribution in [2.24, 2.45) is 0 Å². The van der Waals surface area contributed by atoms with E-state index in [9.17, 15) is 5.11 Å². The standard InChI is InChI=1S/C16H33N3O/c1-4-17-16(2,13-20)9-5-10-19-11-8-14-6-7-15(12-19)18(14)3/h14-15,17,20H,4-13H2,1-3H3. The fourth-order valence-electron chi connectivity index (χ4n) is 3.93. The Labute approximate surface area is 124 Å². The summed E-state index contributed by atoms with van der Waals surface area (Å²) in [6.45, 7) is 9.07. The predicted molar refractivity (Wildman–Crippen MR) is 84.0 cm³/mol. The maximum Gasteiger partial charge on any atom is 0.0610 e. The largest absolute Gasteiger partial charge is 0.394 e. The number of hydrogen-bond acceptors (Lipinski definition) is 4. The smallest absolute Gasteiger partial charge is 0.0610 e. The van der Waals surface area contributed by atoms with Crippen LogP contribution in [0, 0.1) is 0 Å². The summed E-state index contributed by atoms with van der Waals surface area (Å²) in [5.74, 6) is 0. The van der Waals surface area contributed by atoms with Gasteiger partial charge in [0.15, 0.2) is 0 Å². The van der Waals surface area contributed by atoms with Crippen LogP contribution in [0.2, 0.25) is 0 Å². The minimum absolute atomic E-state index is 0.101. The summed E-state index contributed by atoms with van der Waals surface area (Å²) < 4.78 is 0. The van der Waals surface area contributed by atoms with Gasteiger partial charge >= 0.3 is 0 Å². The molecule has 0 aromatic carbocycles. The molecule has 2 heterocycles. The number of nitrogens with zero attached hydrogens (tertiary/aromatic N) is 2. The Morgan fingerprint density at radius 2 is 2.00 bits per heavy atom. The van der Waals surface area contributed by atoms with E-state index in [1.807, 2.05) is 0 Å². The third kappa shape index (κ3) is 3.94. The van der Waals surface area contributed by atoms with Crippen molar-refractivity contribution in [1.29, 1.82) is 0 Å². The molecule has 2 N–H and O–H groups in total. The lowest BCUT2D eigenvalue weighted by Gasteiger charge is -2.30. The molecule has 0 aromatic rings. The summed E-state index contributed by atoms with van der Waals surface area (Å²) in [5, 5.41) is 13.0. The summed E-state index contributed by atoms with van der Waals surface area (Å²) in [5.41, 5.74) is -0.101. The summed E-state index contributed by atoms with van der Waals surface area (Å²) in [4.78, 5) is 5.25. The molecule has 118 valence electrons. The van der Waals surface area contributed by atoms with Crippen LogP contribution in [-0.2, 0) is 0 Å². The lowest BCUT2D eigenvalue weighted by atomic mass is 9.96. The first-order valence-corrected chi connectivity index (χ1v) is 8.38. The molecule has 2 aliphatic heterocycles. The van der Waals surface area contributed by atoms with E-state index in [1.54, 1.807) is 0 Å². The molecule has 2 rings (SSSR count). The molecular formula is C16H33N3O. The van der Waals surface area contributed by atoms with E-state index in [4.69, 9.17) is 0 Å². The van der Waals surface area contributed by atoms with Gasteiger partial charge in [-0.1, -0.05) is 6.92 Å². The molecule has 3 atom stereocenters. The first kappa shape index (κ1) is 16.2. The second-order valence-electron chi connectivity index (χ2n) is 6.99. The van der Waals surface area contributed by atoms with E-state index >= 15 is 0 Å². The molecule has 2 aliphatic rings.